The zero-order valence-corrected chi connectivity index (χ0v) is 23.3. The number of aryl methyl sites for hydroxylation is 1. The Morgan fingerprint density at radius 2 is 2.00 bits per heavy atom. The number of H-pyrrole nitrogens is 2. The van der Waals surface area contributed by atoms with E-state index in [0.29, 0.717) is 13.0 Å². The van der Waals surface area contributed by atoms with Gasteiger partial charge in [0, 0.05) is 41.5 Å². The summed E-state index contributed by atoms with van der Waals surface area (Å²) >= 11 is 0. The number of hydrogen-bond donors (Lipinski definition) is 3. The Balaban J connectivity index is 1.39. The fourth-order valence-electron chi connectivity index (χ4n) is 5.68. The van der Waals surface area contributed by atoms with Crippen LogP contribution in [0.1, 0.15) is 53.9 Å². The first-order valence-electron chi connectivity index (χ1n) is 13.7. The summed E-state index contributed by atoms with van der Waals surface area (Å²) in [5.41, 5.74) is 2.23. The second kappa shape index (κ2) is 10.6. The Kier molecular flexibility index (Phi) is 6.92. The molecule has 5 aromatic rings. The molecule has 0 spiro atoms. The molecule has 1 aliphatic rings. The van der Waals surface area contributed by atoms with Crippen LogP contribution in [0.2, 0.25) is 0 Å². The van der Waals surface area contributed by atoms with Crippen LogP contribution in [-0.2, 0) is 11.8 Å². The van der Waals surface area contributed by atoms with Crippen molar-refractivity contribution in [2.75, 3.05) is 13.7 Å². The van der Waals surface area contributed by atoms with Crippen LogP contribution in [0.15, 0.2) is 54.9 Å². The van der Waals surface area contributed by atoms with Gasteiger partial charge in [-0.3, -0.25) is 4.79 Å². The smallest absolute Gasteiger partial charge is 0.255 e. The van der Waals surface area contributed by atoms with Crippen molar-refractivity contribution < 1.29 is 27.4 Å². The second-order valence-corrected chi connectivity index (χ2v) is 10.5. The standard InChI is InChI=1S/C32H29F3N4O3/c1-4-6-17-7-5-8-21-28(17)41-14-12-32(21,2)23-16-38-30(39-23)20-15-18(9-10-22(20)33)42-29-24(31(40)36-3)19-11-13-37-27(19)25(34)26(29)35/h5,7-11,13,15-16,37H,4,6,12,14H2,1-3H3,(H,36,40)(H,38,39). The molecule has 2 aromatic heterocycles. The fraction of sp³-hybridized carbons (Fsp3) is 0.250. The number of amides is 1. The molecule has 0 aliphatic carbocycles. The number of aromatic nitrogens is 3. The summed E-state index contributed by atoms with van der Waals surface area (Å²) in [5.74, 6) is -3.28. The highest BCUT2D eigenvalue weighted by Crippen LogP contribution is 2.45. The summed E-state index contributed by atoms with van der Waals surface area (Å²) in [6.07, 6.45) is 5.66. The van der Waals surface area contributed by atoms with Crippen LogP contribution in [0.5, 0.6) is 17.2 Å². The lowest BCUT2D eigenvalue weighted by molar-refractivity contribution is 0.0961. The van der Waals surface area contributed by atoms with Crippen molar-refractivity contribution in [3.05, 3.63) is 94.7 Å². The molecule has 6 rings (SSSR count). The number of fused-ring (bicyclic) bond motifs is 2. The average molecular weight is 575 g/mol. The summed E-state index contributed by atoms with van der Waals surface area (Å²) < 4.78 is 57.0. The summed E-state index contributed by atoms with van der Waals surface area (Å²) in [5, 5.41) is 2.58. The maximum Gasteiger partial charge on any atom is 0.255 e. The summed E-state index contributed by atoms with van der Waals surface area (Å²) in [7, 11) is 1.37. The molecule has 1 atom stereocenters. The van der Waals surface area contributed by atoms with E-state index in [1.165, 1.54) is 31.4 Å². The molecular weight excluding hydrogens is 545 g/mol. The monoisotopic (exact) mass is 574 g/mol. The molecule has 1 aliphatic heterocycles. The van der Waals surface area contributed by atoms with E-state index >= 15 is 8.78 Å². The van der Waals surface area contributed by atoms with Gasteiger partial charge in [0.05, 0.1) is 23.3 Å². The average Bonchev–Trinajstić information content (AvgIpc) is 3.68. The minimum atomic E-state index is -1.34. The van der Waals surface area contributed by atoms with Crippen molar-refractivity contribution in [2.24, 2.45) is 0 Å². The third-order valence-electron chi connectivity index (χ3n) is 7.95. The number of aromatic amines is 2. The minimum absolute atomic E-state index is 0.00507. The maximum atomic E-state index is 15.2. The van der Waals surface area contributed by atoms with E-state index in [-0.39, 0.29) is 33.6 Å². The number of imidazole rings is 1. The molecule has 216 valence electrons. The normalized spacial score (nSPS) is 16.2. The first kappa shape index (κ1) is 27.4. The number of halogens is 3. The van der Waals surface area contributed by atoms with E-state index in [2.05, 4.69) is 40.2 Å². The SMILES string of the molecule is CCCc1cccc2c1OCCC2(C)c1cnc(-c2cc(Oc3c(F)c(F)c4[nH]ccc4c3C(=O)NC)ccc2F)[nH]1. The largest absolute Gasteiger partial charge is 0.493 e. The van der Waals surface area contributed by atoms with Gasteiger partial charge in [-0.15, -0.1) is 0 Å². The number of para-hydroxylation sites is 1. The molecule has 0 fully saturated rings. The quantitative estimate of drug-likeness (QED) is 0.192. The molecule has 1 unspecified atom stereocenters. The topological polar surface area (TPSA) is 92.0 Å². The Bertz CT molecular complexity index is 1830. The number of carbonyl (C=O) groups excluding carboxylic acids is 1. The molecule has 3 N–H and O–H groups in total. The lowest BCUT2D eigenvalue weighted by Crippen LogP contribution is -2.32. The van der Waals surface area contributed by atoms with Gasteiger partial charge in [-0.1, -0.05) is 31.5 Å². The molecular formula is C32H29F3N4O3. The molecule has 0 bridgehead atoms. The van der Waals surface area contributed by atoms with E-state index in [4.69, 9.17) is 9.47 Å². The zero-order chi connectivity index (χ0) is 29.6. The van der Waals surface area contributed by atoms with Gasteiger partial charge in [-0.25, -0.2) is 13.8 Å². The van der Waals surface area contributed by atoms with Gasteiger partial charge in [0.1, 0.15) is 23.1 Å². The molecule has 0 saturated heterocycles. The Morgan fingerprint density at radius 1 is 1.17 bits per heavy atom. The first-order valence-corrected chi connectivity index (χ1v) is 13.7. The van der Waals surface area contributed by atoms with Crippen LogP contribution in [0.25, 0.3) is 22.3 Å². The minimum Gasteiger partial charge on any atom is -0.493 e. The van der Waals surface area contributed by atoms with E-state index in [9.17, 15) is 9.18 Å². The Hall–Kier alpha value is -4.73. The number of ether oxygens (including phenoxy) is 2. The van der Waals surface area contributed by atoms with Gasteiger partial charge in [0.2, 0.25) is 5.82 Å². The molecule has 7 nitrogen and oxygen atoms in total. The summed E-state index contributed by atoms with van der Waals surface area (Å²) in [6.45, 7) is 4.75. The molecule has 0 radical (unpaired) electrons. The lowest BCUT2D eigenvalue weighted by atomic mass is 9.74. The van der Waals surface area contributed by atoms with Crippen molar-refractivity contribution in [3.63, 3.8) is 0 Å². The molecule has 1 amide bonds. The third kappa shape index (κ3) is 4.38. The Labute approximate surface area is 240 Å². The van der Waals surface area contributed by atoms with E-state index in [0.717, 1.165) is 41.5 Å². The van der Waals surface area contributed by atoms with Gasteiger partial charge in [0.15, 0.2) is 11.6 Å². The number of carbonyl (C=O) groups is 1. The first-order chi connectivity index (χ1) is 20.3. The molecule has 42 heavy (non-hydrogen) atoms. The highest BCUT2D eigenvalue weighted by molar-refractivity contribution is 6.09. The molecule has 0 saturated carbocycles. The molecule has 3 aromatic carbocycles. The predicted octanol–water partition coefficient (Wildman–Crippen LogP) is 7.17. The van der Waals surface area contributed by atoms with Gasteiger partial charge in [-0.2, -0.15) is 4.39 Å². The van der Waals surface area contributed by atoms with Crippen LogP contribution in [0.4, 0.5) is 13.2 Å². The number of hydrogen-bond acceptors (Lipinski definition) is 4. The van der Waals surface area contributed by atoms with Crippen molar-refractivity contribution in [3.8, 4) is 28.6 Å². The number of nitrogens with zero attached hydrogens (tertiary/aromatic N) is 1. The number of benzene rings is 3. The van der Waals surface area contributed by atoms with Crippen molar-refractivity contribution >= 4 is 16.8 Å². The Morgan fingerprint density at radius 3 is 2.79 bits per heavy atom. The zero-order valence-electron chi connectivity index (χ0n) is 23.3. The van der Waals surface area contributed by atoms with E-state index < -0.39 is 34.5 Å². The van der Waals surface area contributed by atoms with E-state index in [1.54, 1.807) is 6.20 Å². The second-order valence-electron chi connectivity index (χ2n) is 10.5. The van der Waals surface area contributed by atoms with Crippen molar-refractivity contribution in [1.29, 1.82) is 0 Å². The van der Waals surface area contributed by atoms with Crippen LogP contribution < -0.4 is 14.8 Å². The fourth-order valence-corrected chi connectivity index (χ4v) is 5.68. The predicted molar refractivity (Wildman–Crippen MR) is 153 cm³/mol. The van der Waals surface area contributed by atoms with E-state index in [1.807, 2.05) is 12.1 Å². The molecule has 3 heterocycles. The number of rotatable bonds is 7. The third-order valence-corrected chi connectivity index (χ3v) is 7.95. The van der Waals surface area contributed by atoms with Crippen molar-refractivity contribution in [2.45, 2.75) is 38.5 Å². The van der Waals surface area contributed by atoms with Gasteiger partial charge in [-0.05, 0) is 49.6 Å². The van der Waals surface area contributed by atoms with Gasteiger partial charge >= 0.3 is 0 Å². The van der Waals surface area contributed by atoms with Crippen LogP contribution in [-0.4, -0.2) is 34.5 Å². The lowest BCUT2D eigenvalue weighted by Gasteiger charge is -2.36. The van der Waals surface area contributed by atoms with Crippen LogP contribution in [0, 0.1) is 17.5 Å². The molecule has 10 heteroatoms. The maximum absolute atomic E-state index is 15.2. The van der Waals surface area contributed by atoms with Crippen LogP contribution >= 0.6 is 0 Å². The van der Waals surface area contributed by atoms with Gasteiger partial charge < -0.3 is 24.8 Å². The number of nitrogens with one attached hydrogen (secondary N) is 3. The summed E-state index contributed by atoms with van der Waals surface area (Å²) in [6, 6.07) is 11.4. The van der Waals surface area contributed by atoms with Gasteiger partial charge in [0.25, 0.3) is 5.91 Å². The highest BCUT2D eigenvalue weighted by atomic mass is 19.2. The van der Waals surface area contributed by atoms with Crippen molar-refractivity contribution in [1.82, 2.24) is 20.3 Å². The highest BCUT2D eigenvalue weighted by Gasteiger charge is 2.37. The van der Waals surface area contributed by atoms with Crippen LogP contribution in [0.3, 0.4) is 0 Å². The summed E-state index contributed by atoms with van der Waals surface area (Å²) in [4.78, 5) is 23.1.